The number of rotatable bonds is 5. The zero-order valence-electron chi connectivity index (χ0n) is 11.7. The van der Waals surface area contributed by atoms with Crippen LogP contribution < -0.4 is 11.1 Å². The van der Waals surface area contributed by atoms with Crippen molar-refractivity contribution in [3.8, 4) is 0 Å². The van der Waals surface area contributed by atoms with Gasteiger partial charge < -0.3 is 11.1 Å². The lowest BCUT2D eigenvalue weighted by Crippen LogP contribution is -2.24. The smallest absolute Gasteiger partial charge is 0.237 e. The van der Waals surface area contributed by atoms with Crippen LogP contribution in [0.5, 0.6) is 0 Å². The summed E-state index contributed by atoms with van der Waals surface area (Å²) in [7, 11) is 0. The van der Waals surface area contributed by atoms with Gasteiger partial charge in [-0.05, 0) is 49.6 Å². The van der Waals surface area contributed by atoms with Gasteiger partial charge in [-0.1, -0.05) is 12.8 Å². The summed E-state index contributed by atoms with van der Waals surface area (Å²) in [5.41, 5.74) is 6.19. The van der Waals surface area contributed by atoms with Gasteiger partial charge in [0, 0.05) is 5.69 Å². The molecule has 1 amide bonds. The summed E-state index contributed by atoms with van der Waals surface area (Å²) < 4.78 is 13.5. The maximum atomic E-state index is 13.5. The Morgan fingerprint density at radius 1 is 1.50 bits per heavy atom. The van der Waals surface area contributed by atoms with Crippen LogP contribution in [-0.2, 0) is 4.79 Å². The molecule has 1 aromatic carbocycles. The Bertz CT molecular complexity index is 475. The van der Waals surface area contributed by atoms with Gasteiger partial charge in [0.05, 0.1) is 10.9 Å². The van der Waals surface area contributed by atoms with Crippen LogP contribution in [-0.4, -0.2) is 16.9 Å². The molecule has 1 unspecified atom stereocenters. The van der Waals surface area contributed by atoms with Crippen LogP contribution in [0, 0.1) is 11.7 Å². The zero-order valence-corrected chi connectivity index (χ0v) is 12.5. The molecule has 0 radical (unpaired) electrons. The Morgan fingerprint density at radius 3 is 2.90 bits per heavy atom. The van der Waals surface area contributed by atoms with Crippen LogP contribution >= 0.6 is 11.8 Å². The molecule has 0 bridgehead atoms. The van der Waals surface area contributed by atoms with Crippen LogP contribution in [0.4, 0.5) is 15.8 Å². The second-order valence-electron chi connectivity index (χ2n) is 5.35. The second-order valence-corrected chi connectivity index (χ2v) is 6.73. The summed E-state index contributed by atoms with van der Waals surface area (Å²) in [5, 5.41) is 2.43. The minimum atomic E-state index is -0.458. The number of hydrogen-bond donors (Lipinski definition) is 2. The van der Waals surface area contributed by atoms with E-state index in [9.17, 15) is 9.18 Å². The van der Waals surface area contributed by atoms with Crippen LogP contribution in [0.1, 0.15) is 32.6 Å². The molecular weight excluding hydrogens is 275 g/mol. The Kier molecular flexibility index (Phi) is 5.29. The molecule has 0 saturated heterocycles. The number of carbonyl (C=O) groups excluding carboxylic acids is 1. The molecule has 2 rings (SSSR count). The Balaban J connectivity index is 1.85. The van der Waals surface area contributed by atoms with E-state index in [4.69, 9.17) is 5.73 Å². The maximum Gasteiger partial charge on any atom is 0.237 e. The van der Waals surface area contributed by atoms with Gasteiger partial charge in [-0.3, -0.25) is 4.79 Å². The molecule has 0 aliphatic heterocycles. The van der Waals surface area contributed by atoms with Crippen molar-refractivity contribution < 1.29 is 9.18 Å². The summed E-state index contributed by atoms with van der Waals surface area (Å²) in [4.78, 5) is 12.0. The normalized spacial score (nSPS) is 17.1. The van der Waals surface area contributed by atoms with Crippen molar-refractivity contribution in [2.24, 2.45) is 5.92 Å². The molecule has 0 spiro atoms. The van der Waals surface area contributed by atoms with Crippen molar-refractivity contribution >= 4 is 29.0 Å². The Morgan fingerprint density at radius 2 is 2.20 bits per heavy atom. The van der Waals surface area contributed by atoms with Crippen molar-refractivity contribution in [1.29, 1.82) is 0 Å². The SMILES string of the molecule is CC(SCC1CCCC1)C(=O)Nc1cc(N)ccc1F. The Hall–Kier alpha value is -1.23. The van der Waals surface area contributed by atoms with Crippen molar-refractivity contribution in [1.82, 2.24) is 0 Å². The highest BCUT2D eigenvalue weighted by atomic mass is 32.2. The minimum absolute atomic E-state index is 0.156. The van der Waals surface area contributed by atoms with Crippen LogP contribution in [0.25, 0.3) is 0 Å². The van der Waals surface area contributed by atoms with Crippen molar-refractivity contribution in [2.45, 2.75) is 37.9 Å². The van der Waals surface area contributed by atoms with Gasteiger partial charge in [0.15, 0.2) is 0 Å². The van der Waals surface area contributed by atoms with Gasteiger partial charge >= 0.3 is 0 Å². The number of anilines is 2. The molecule has 1 saturated carbocycles. The quantitative estimate of drug-likeness (QED) is 0.815. The van der Waals surface area contributed by atoms with Crippen molar-refractivity contribution in [3.05, 3.63) is 24.0 Å². The molecule has 3 N–H and O–H groups in total. The third-order valence-corrected chi connectivity index (χ3v) is 5.05. The second kappa shape index (κ2) is 6.97. The number of amides is 1. The summed E-state index contributed by atoms with van der Waals surface area (Å²) in [6.45, 7) is 1.86. The Labute approximate surface area is 123 Å². The monoisotopic (exact) mass is 296 g/mol. The largest absolute Gasteiger partial charge is 0.399 e. The number of thioether (sulfide) groups is 1. The van der Waals surface area contributed by atoms with Gasteiger partial charge in [-0.2, -0.15) is 0 Å². The van der Waals surface area contributed by atoms with E-state index in [0.29, 0.717) is 5.69 Å². The minimum Gasteiger partial charge on any atom is -0.399 e. The van der Waals surface area contributed by atoms with Gasteiger partial charge in [0.25, 0.3) is 0 Å². The fourth-order valence-electron chi connectivity index (χ4n) is 2.41. The number of nitrogens with one attached hydrogen (secondary N) is 1. The standard InChI is InChI=1S/C15H21FN2OS/c1-10(20-9-11-4-2-3-5-11)15(19)18-14-8-12(17)6-7-13(14)16/h6-8,10-11H,2-5,9,17H2,1H3,(H,18,19). The van der Waals surface area contributed by atoms with E-state index in [1.165, 1.54) is 43.9 Å². The summed E-state index contributed by atoms with van der Waals surface area (Å²) in [6.07, 6.45) is 5.15. The molecule has 5 heteroatoms. The number of carbonyl (C=O) groups is 1. The highest BCUT2D eigenvalue weighted by Crippen LogP contribution is 2.29. The zero-order chi connectivity index (χ0) is 14.5. The summed E-state index contributed by atoms with van der Waals surface area (Å²) >= 11 is 1.65. The average Bonchev–Trinajstić information content (AvgIpc) is 2.93. The predicted octanol–water partition coefficient (Wildman–Crippen LogP) is 3.66. The third kappa shape index (κ3) is 4.13. The van der Waals surface area contributed by atoms with Crippen LogP contribution in [0.3, 0.4) is 0 Å². The first-order chi connectivity index (χ1) is 9.56. The maximum absolute atomic E-state index is 13.5. The average molecular weight is 296 g/mol. The molecule has 1 aliphatic carbocycles. The van der Waals surface area contributed by atoms with E-state index in [-0.39, 0.29) is 16.8 Å². The fourth-order valence-corrected chi connectivity index (χ4v) is 3.51. The van der Waals surface area contributed by atoms with Crippen molar-refractivity contribution in [2.75, 3.05) is 16.8 Å². The van der Waals surface area contributed by atoms with E-state index < -0.39 is 5.82 Å². The predicted molar refractivity (Wildman–Crippen MR) is 83.3 cm³/mol. The lowest BCUT2D eigenvalue weighted by Gasteiger charge is -2.15. The topological polar surface area (TPSA) is 55.1 Å². The molecule has 20 heavy (non-hydrogen) atoms. The van der Waals surface area contributed by atoms with Crippen LogP contribution in [0.15, 0.2) is 18.2 Å². The lowest BCUT2D eigenvalue weighted by molar-refractivity contribution is -0.115. The fraction of sp³-hybridized carbons (Fsp3) is 0.533. The van der Waals surface area contributed by atoms with E-state index in [1.807, 2.05) is 6.92 Å². The number of hydrogen-bond acceptors (Lipinski definition) is 3. The molecule has 110 valence electrons. The van der Waals surface area contributed by atoms with E-state index in [1.54, 1.807) is 11.8 Å². The first kappa shape index (κ1) is 15.2. The first-order valence-corrected chi connectivity index (χ1v) is 8.08. The van der Waals surface area contributed by atoms with Crippen LogP contribution in [0.2, 0.25) is 0 Å². The first-order valence-electron chi connectivity index (χ1n) is 7.03. The van der Waals surface area contributed by atoms with Gasteiger partial charge in [-0.25, -0.2) is 4.39 Å². The molecule has 0 heterocycles. The molecule has 1 aromatic rings. The number of benzene rings is 1. The van der Waals surface area contributed by atoms with Crippen molar-refractivity contribution in [3.63, 3.8) is 0 Å². The van der Waals surface area contributed by atoms with Gasteiger partial charge in [-0.15, -0.1) is 11.8 Å². The number of halogens is 1. The molecular formula is C15H21FN2OS. The molecule has 1 atom stereocenters. The van der Waals surface area contributed by atoms with Gasteiger partial charge in [0.2, 0.25) is 5.91 Å². The summed E-state index contributed by atoms with van der Waals surface area (Å²) in [5.74, 6) is 1.12. The number of nitrogens with two attached hydrogens (primary N) is 1. The van der Waals surface area contributed by atoms with E-state index in [0.717, 1.165) is 11.7 Å². The molecule has 1 aliphatic rings. The number of nitrogen functional groups attached to an aromatic ring is 1. The van der Waals surface area contributed by atoms with E-state index in [2.05, 4.69) is 5.32 Å². The third-order valence-electron chi connectivity index (χ3n) is 3.67. The van der Waals surface area contributed by atoms with Gasteiger partial charge in [0.1, 0.15) is 5.82 Å². The summed E-state index contributed by atoms with van der Waals surface area (Å²) in [6, 6.07) is 4.19. The molecule has 3 nitrogen and oxygen atoms in total. The lowest BCUT2D eigenvalue weighted by atomic mass is 10.1. The highest BCUT2D eigenvalue weighted by Gasteiger charge is 2.20. The highest BCUT2D eigenvalue weighted by molar-refractivity contribution is 8.00. The molecule has 0 aromatic heterocycles. The molecule has 1 fully saturated rings. The van der Waals surface area contributed by atoms with E-state index >= 15 is 0 Å².